The number of rotatable bonds is 7. The SMILES string of the molecule is C[C@@H](Oc1ccccc1F)c1nnc(SCC(=O)N[C@H]2CCS(=O)(=O)C2)o1. The average molecular weight is 415 g/mol. The van der Waals surface area contributed by atoms with Crippen LogP contribution in [0.15, 0.2) is 33.9 Å². The van der Waals surface area contributed by atoms with Gasteiger partial charge in [0.15, 0.2) is 27.5 Å². The second-order valence-corrected chi connectivity index (χ2v) is 9.21. The van der Waals surface area contributed by atoms with Gasteiger partial charge in [-0.15, -0.1) is 10.2 Å². The maximum Gasteiger partial charge on any atom is 0.277 e. The van der Waals surface area contributed by atoms with Crippen LogP contribution in [-0.4, -0.2) is 47.8 Å². The van der Waals surface area contributed by atoms with E-state index in [1.165, 1.54) is 12.1 Å². The molecule has 3 rings (SSSR count). The molecular weight excluding hydrogens is 397 g/mol. The lowest BCUT2D eigenvalue weighted by Crippen LogP contribution is -2.36. The predicted octanol–water partition coefficient (Wildman–Crippen LogP) is 1.74. The molecule has 2 atom stereocenters. The third kappa shape index (κ3) is 5.42. The van der Waals surface area contributed by atoms with E-state index in [1.807, 2.05) is 0 Å². The highest BCUT2D eigenvalue weighted by atomic mass is 32.2. The average Bonchev–Trinajstić information content (AvgIpc) is 3.21. The van der Waals surface area contributed by atoms with Crippen molar-refractivity contribution in [3.63, 3.8) is 0 Å². The minimum atomic E-state index is -3.05. The molecule has 0 aliphatic carbocycles. The minimum Gasteiger partial charge on any atom is -0.478 e. The summed E-state index contributed by atoms with van der Waals surface area (Å²) in [5.74, 6) is -0.495. The Morgan fingerprint density at radius 2 is 2.22 bits per heavy atom. The van der Waals surface area contributed by atoms with Crippen LogP contribution in [0.1, 0.15) is 25.3 Å². The first kappa shape index (κ1) is 19.6. The monoisotopic (exact) mass is 415 g/mol. The fourth-order valence-corrected chi connectivity index (χ4v) is 4.78. The molecule has 0 saturated carbocycles. The lowest BCUT2D eigenvalue weighted by Gasteiger charge is -2.11. The molecule has 27 heavy (non-hydrogen) atoms. The molecule has 146 valence electrons. The zero-order valence-corrected chi connectivity index (χ0v) is 16.1. The van der Waals surface area contributed by atoms with Crippen molar-refractivity contribution in [2.75, 3.05) is 17.3 Å². The van der Waals surface area contributed by atoms with Crippen molar-refractivity contribution in [2.45, 2.75) is 30.7 Å². The summed E-state index contributed by atoms with van der Waals surface area (Å²) in [6.45, 7) is 1.64. The highest BCUT2D eigenvalue weighted by Gasteiger charge is 2.29. The molecule has 0 unspecified atom stereocenters. The molecule has 1 aliphatic rings. The van der Waals surface area contributed by atoms with Crippen LogP contribution < -0.4 is 10.1 Å². The summed E-state index contributed by atoms with van der Waals surface area (Å²) >= 11 is 1.03. The second-order valence-electron chi connectivity index (χ2n) is 6.05. The number of thioether (sulfide) groups is 1. The van der Waals surface area contributed by atoms with Crippen molar-refractivity contribution in [3.05, 3.63) is 36.0 Å². The number of carbonyl (C=O) groups excluding carboxylic acids is 1. The molecule has 0 bridgehead atoms. The Hall–Kier alpha value is -2.14. The van der Waals surface area contributed by atoms with Gasteiger partial charge >= 0.3 is 0 Å². The maximum absolute atomic E-state index is 13.6. The Balaban J connectivity index is 1.49. The van der Waals surface area contributed by atoms with Crippen LogP contribution >= 0.6 is 11.8 Å². The molecule has 1 aromatic heterocycles. The van der Waals surface area contributed by atoms with Crippen LogP contribution in [-0.2, 0) is 14.6 Å². The Morgan fingerprint density at radius 1 is 1.44 bits per heavy atom. The van der Waals surface area contributed by atoms with E-state index in [4.69, 9.17) is 9.15 Å². The number of aromatic nitrogens is 2. The molecule has 0 spiro atoms. The van der Waals surface area contributed by atoms with E-state index in [9.17, 15) is 17.6 Å². The van der Waals surface area contributed by atoms with Gasteiger partial charge in [0, 0.05) is 6.04 Å². The first-order valence-corrected chi connectivity index (χ1v) is 11.0. The molecular formula is C16H18FN3O5S2. The number of hydrogen-bond donors (Lipinski definition) is 1. The predicted molar refractivity (Wildman–Crippen MR) is 95.7 cm³/mol. The van der Waals surface area contributed by atoms with Crippen molar-refractivity contribution in [2.24, 2.45) is 0 Å². The Bertz CT molecular complexity index is 918. The van der Waals surface area contributed by atoms with Crippen molar-refractivity contribution >= 4 is 27.5 Å². The molecule has 11 heteroatoms. The Kier molecular flexibility index (Phi) is 6.00. The number of hydrogen-bond acceptors (Lipinski definition) is 8. The number of sulfone groups is 1. The van der Waals surface area contributed by atoms with Gasteiger partial charge in [0.1, 0.15) is 0 Å². The van der Waals surface area contributed by atoms with Gasteiger partial charge in [-0.2, -0.15) is 0 Å². The summed E-state index contributed by atoms with van der Waals surface area (Å²) in [7, 11) is -3.05. The van der Waals surface area contributed by atoms with Gasteiger partial charge in [0.25, 0.3) is 11.1 Å². The van der Waals surface area contributed by atoms with E-state index in [2.05, 4.69) is 15.5 Å². The topological polar surface area (TPSA) is 111 Å². The van der Waals surface area contributed by atoms with Gasteiger partial charge in [-0.3, -0.25) is 4.79 Å². The molecule has 2 aromatic rings. The van der Waals surface area contributed by atoms with Crippen molar-refractivity contribution in [1.29, 1.82) is 0 Å². The molecule has 1 aromatic carbocycles. The standard InChI is InChI=1S/C16H18FN3O5S2/c1-10(24-13-5-3-2-4-12(13)17)15-19-20-16(25-15)26-8-14(21)18-11-6-7-27(22,23)9-11/h2-5,10-11H,6-9H2,1H3,(H,18,21)/t10-,11+/m1/s1. The number of nitrogens with zero attached hydrogens (tertiary/aromatic N) is 2. The van der Waals surface area contributed by atoms with Gasteiger partial charge in [0.2, 0.25) is 5.91 Å². The molecule has 0 radical (unpaired) electrons. The number of amides is 1. The molecule has 2 heterocycles. The van der Waals surface area contributed by atoms with E-state index in [-0.39, 0.29) is 46.1 Å². The number of benzene rings is 1. The van der Waals surface area contributed by atoms with Crippen LogP contribution in [0, 0.1) is 5.82 Å². The molecule has 1 amide bonds. The molecule has 8 nitrogen and oxygen atoms in total. The zero-order chi connectivity index (χ0) is 19.4. The molecule has 1 N–H and O–H groups in total. The first-order chi connectivity index (χ1) is 12.8. The largest absolute Gasteiger partial charge is 0.478 e. The summed E-state index contributed by atoms with van der Waals surface area (Å²) in [4.78, 5) is 11.9. The van der Waals surface area contributed by atoms with Gasteiger partial charge in [-0.1, -0.05) is 23.9 Å². The van der Waals surface area contributed by atoms with Crippen LogP contribution in [0.25, 0.3) is 0 Å². The van der Waals surface area contributed by atoms with Crippen LogP contribution in [0.5, 0.6) is 5.75 Å². The van der Waals surface area contributed by atoms with Gasteiger partial charge in [0.05, 0.1) is 17.3 Å². The summed E-state index contributed by atoms with van der Waals surface area (Å²) in [6.07, 6.45) is -0.241. The smallest absolute Gasteiger partial charge is 0.277 e. The summed E-state index contributed by atoms with van der Waals surface area (Å²) in [5.41, 5.74) is 0. The Labute approximate surface area is 159 Å². The quantitative estimate of drug-likeness (QED) is 0.681. The lowest BCUT2D eigenvalue weighted by molar-refractivity contribution is -0.119. The van der Waals surface area contributed by atoms with Crippen LogP contribution in [0.3, 0.4) is 0 Å². The summed E-state index contributed by atoms with van der Waals surface area (Å²) in [6, 6.07) is 5.63. The maximum atomic E-state index is 13.6. The number of ether oxygens (including phenoxy) is 1. The fraction of sp³-hybridized carbons (Fsp3) is 0.438. The van der Waals surface area contributed by atoms with Crippen LogP contribution in [0.2, 0.25) is 0 Å². The molecule has 1 saturated heterocycles. The minimum absolute atomic E-state index is 0.0146. The molecule has 1 fully saturated rings. The number of para-hydroxylation sites is 1. The summed E-state index contributed by atoms with van der Waals surface area (Å²) < 4.78 is 47.3. The van der Waals surface area contributed by atoms with Crippen molar-refractivity contribution in [1.82, 2.24) is 15.5 Å². The molecule has 1 aliphatic heterocycles. The lowest BCUT2D eigenvalue weighted by atomic mass is 10.3. The number of halogens is 1. The highest BCUT2D eigenvalue weighted by molar-refractivity contribution is 7.99. The van der Waals surface area contributed by atoms with Gasteiger partial charge in [-0.25, -0.2) is 12.8 Å². The zero-order valence-electron chi connectivity index (χ0n) is 14.4. The second kappa shape index (κ2) is 8.26. The summed E-state index contributed by atoms with van der Waals surface area (Å²) in [5, 5.41) is 10.5. The van der Waals surface area contributed by atoms with E-state index < -0.39 is 21.8 Å². The number of nitrogens with one attached hydrogen (secondary N) is 1. The third-order valence-corrected chi connectivity index (χ3v) is 6.42. The van der Waals surface area contributed by atoms with Crippen LogP contribution in [0.4, 0.5) is 4.39 Å². The van der Waals surface area contributed by atoms with Crippen molar-refractivity contribution < 1.29 is 26.8 Å². The number of carbonyl (C=O) groups is 1. The van der Waals surface area contributed by atoms with E-state index in [0.717, 1.165) is 11.8 Å². The van der Waals surface area contributed by atoms with E-state index >= 15 is 0 Å². The highest BCUT2D eigenvalue weighted by Crippen LogP contribution is 2.25. The van der Waals surface area contributed by atoms with E-state index in [1.54, 1.807) is 19.1 Å². The van der Waals surface area contributed by atoms with Crippen molar-refractivity contribution in [3.8, 4) is 5.75 Å². The first-order valence-electron chi connectivity index (χ1n) is 8.19. The third-order valence-electron chi connectivity index (χ3n) is 3.83. The van der Waals surface area contributed by atoms with E-state index in [0.29, 0.717) is 6.42 Å². The Morgan fingerprint density at radius 3 is 2.93 bits per heavy atom. The van der Waals surface area contributed by atoms with Gasteiger partial charge < -0.3 is 14.5 Å². The van der Waals surface area contributed by atoms with Gasteiger partial charge in [-0.05, 0) is 25.5 Å². The normalized spacial score (nSPS) is 19.6. The fourth-order valence-electron chi connectivity index (χ4n) is 2.53.